The van der Waals surface area contributed by atoms with Crippen LogP contribution in [0.5, 0.6) is 11.5 Å². The summed E-state index contributed by atoms with van der Waals surface area (Å²) in [6.45, 7) is 2.38. The third kappa shape index (κ3) is 3.75. The standard InChI is InChI=1S/C18H18N4O3S/c1-3-25-16-12(5-4-6-15(16)24-2)10-19-22-17(23)11-7-8-13-14(9-11)21-18(26)20-13/h4-10H,3H2,1-2H3,(H,22,23)(H2,20,21,26)/b19-10-. The summed E-state index contributed by atoms with van der Waals surface area (Å²) in [5, 5.41) is 4.02. The molecule has 3 aromatic rings. The molecule has 1 heterocycles. The number of amides is 1. The van der Waals surface area contributed by atoms with Gasteiger partial charge in [-0.15, -0.1) is 0 Å². The lowest BCUT2D eigenvalue weighted by molar-refractivity contribution is 0.0955. The molecular formula is C18H18N4O3S. The van der Waals surface area contributed by atoms with Gasteiger partial charge in [0.15, 0.2) is 16.3 Å². The zero-order chi connectivity index (χ0) is 18.5. The molecule has 0 aliphatic carbocycles. The van der Waals surface area contributed by atoms with Gasteiger partial charge in [-0.1, -0.05) is 6.07 Å². The fraction of sp³-hybridized carbons (Fsp3) is 0.167. The number of methoxy groups -OCH3 is 1. The smallest absolute Gasteiger partial charge is 0.271 e. The van der Waals surface area contributed by atoms with Crippen LogP contribution in [0.25, 0.3) is 11.0 Å². The Morgan fingerprint density at radius 3 is 2.85 bits per heavy atom. The number of benzene rings is 2. The largest absolute Gasteiger partial charge is 0.493 e. The van der Waals surface area contributed by atoms with E-state index in [0.29, 0.717) is 34.0 Å². The van der Waals surface area contributed by atoms with E-state index in [1.54, 1.807) is 31.4 Å². The SMILES string of the molecule is CCOc1c(/C=N\NC(=O)c2ccc3[nH]c(=S)[nH]c3c2)cccc1OC. The lowest BCUT2D eigenvalue weighted by atomic mass is 10.2. The molecule has 26 heavy (non-hydrogen) atoms. The van der Waals surface area contributed by atoms with E-state index >= 15 is 0 Å². The molecule has 1 amide bonds. The predicted molar refractivity (Wildman–Crippen MR) is 103 cm³/mol. The Hall–Kier alpha value is -3.13. The molecule has 134 valence electrons. The first-order valence-corrected chi connectivity index (χ1v) is 8.38. The number of aromatic amines is 2. The molecule has 0 unspecified atom stereocenters. The Morgan fingerprint density at radius 1 is 1.27 bits per heavy atom. The highest BCUT2D eigenvalue weighted by atomic mass is 32.1. The Kier molecular flexibility index (Phi) is 5.33. The Morgan fingerprint density at radius 2 is 2.08 bits per heavy atom. The third-order valence-corrected chi connectivity index (χ3v) is 3.87. The van der Waals surface area contributed by atoms with Gasteiger partial charge in [0.25, 0.3) is 5.91 Å². The van der Waals surface area contributed by atoms with Crippen LogP contribution in [0.2, 0.25) is 0 Å². The molecule has 0 bridgehead atoms. The molecule has 3 rings (SSSR count). The van der Waals surface area contributed by atoms with E-state index in [-0.39, 0.29) is 5.91 Å². The van der Waals surface area contributed by atoms with E-state index in [1.807, 2.05) is 19.1 Å². The van der Waals surface area contributed by atoms with E-state index in [0.717, 1.165) is 11.0 Å². The Bertz CT molecular complexity index is 1020. The summed E-state index contributed by atoms with van der Waals surface area (Å²) in [5.74, 6) is 0.858. The summed E-state index contributed by atoms with van der Waals surface area (Å²) in [5.41, 5.74) is 5.29. The van der Waals surface area contributed by atoms with Crippen LogP contribution in [0.4, 0.5) is 0 Å². The maximum Gasteiger partial charge on any atom is 0.271 e. The van der Waals surface area contributed by atoms with Crippen molar-refractivity contribution >= 4 is 35.4 Å². The first kappa shape index (κ1) is 17.7. The van der Waals surface area contributed by atoms with Crippen molar-refractivity contribution in [2.75, 3.05) is 13.7 Å². The minimum atomic E-state index is -0.329. The number of H-pyrrole nitrogens is 2. The summed E-state index contributed by atoms with van der Waals surface area (Å²) < 4.78 is 11.4. The summed E-state index contributed by atoms with van der Waals surface area (Å²) in [6.07, 6.45) is 1.52. The van der Waals surface area contributed by atoms with Gasteiger partial charge in [0.1, 0.15) is 0 Å². The fourth-order valence-corrected chi connectivity index (χ4v) is 2.71. The lowest BCUT2D eigenvalue weighted by Crippen LogP contribution is -2.17. The average Bonchev–Trinajstić information content (AvgIpc) is 3.02. The van der Waals surface area contributed by atoms with Crippen LogP contribution in [-0.4, -0.2) is 35.8 Å². The van der Waals surface area contributed by atoms with Gasteiger partial charge in [0.2, 0.25) is 0 Å². The molecule has 1 aromatic heterocycles. The van der Waals surface area contributed by atoms with Crippen LogP contribution in [0.15, 0.2) is 41.5 Å². The van der Waals surface area contributed by atoms with E-state index in [1.165, 1.54) is 6.21 Å². The number of carbonyl (C=O) groups is 1. The first-order chi connectivity index (χ1) is 12.6. The molecule has 0 spiro atoms. The number of aromatic nitrogens is 2. The van der Waals surface area contributed by atoms with Crippen molar-refractivity contribution in [3.8, 4) is 11.5 Å². The Labute approximate surface area is 155 Å². The lowest BCUT2D eigenvalue weighted by Gasteiger charge is -2.11. The van der Waals surface area contributed by atoms with Gasteiger partial charge < -0.3 is 19.4 Å². The summed E-state index contributed by atoms with van der Waals surface area (Å²) in [6, 6.07) is 10.7. The van der Waals surface area contributed by atoms with Crippen molar-refractivity contribution in [1.29, 1.82) is 0 Å². The van der Waals surface area contributed by atoms with E-state index < -0.39 is 0 Å². The Balaban J connectivity index is 1.77. The van der Waals surface area contributed by atoms with Gasteiger partial charge in [-0.3, -0.25) is 4.79 Å². The van der Waals surface area contributed by atoms with Gasteiger partial charge >= 0.3 is 0 Å². The molecule has 0 saturated heterocycles. The zero-order valence-corrected chi connectivity index (χ0v) is 15.1. The number of nitrogens with zero attached hydrogens (tertiary/aromatic N) is 1. The highest BCUT2D eigenvalue weighted by molar-refractivity contribution is 7.71. The van der Waals surface area contributed by atoms with Crippen LogP contribution in [0.1, 0.15) is 22.8 Å². The van der Waals surface area contributed by atoms with Crippen molar-refractivity contribution in [1.82, 2.24) is 15.4 Å². The van der Waals surface area contributed by atoms with Crippen molar-refractivity contribution in [2.45, 2.75) is 6.92 Å². The minimum Gasteiger partial charge on any atom is -0.493 e. The summed E-state index contributed by atoms with van der Waals surface area (Å²) in [7, 11) is 1.57. The van der Waals surface area contributed by atoms with Gasteiger partial charge in [-0.25, -0.2) is 5.43 Å². The van der Waals surface area contributed by atoms with E-state index in [4.69, 9.17) is 21.7 Å². The van der Waals surface area contributed by atoms with Gasteiger partial charge in [-0.2, -0.15) is 5.10 Å². The molecule has 0 saturated carbocycles. The average molecular weight is 370 g/mol. The molecular weight excluding hydrogens is 352 g/mol. The number of fused-ring (bicyclic) bond motifs is 1. The predicted octanol–water partition coefficient (Wildman–Crippen LogP) is 3.40. The number of hydrogen-bond acceptors (Lipinski definition) is 5. The van der Waals surface area contributed by atoms with Crippen molar-refractivity contribution in [2.24, 2.45) is 5.10 Å². The maximum atomic E-state index is 12.3. The second-order valence-corrected chi connectivity index (χ2v) is 5.76. The van der Waals surface area contributed by atoms with E-state index in [2.05, 4.69) is 20.5 Å². The number of rotatable bonds is 6. The third-order valence-electron chi connectivity index (χ3n) is 3.67. The van der Waals surface area contributed by atoms with Crippen molar-refractivity contribution in [3.05, 3.63) is 52.3 Å². The van der Waals surface area contributed by atoms with Crippen LogP contribution >= 0.6 is 12.2 Å². The van der Waals surface area contributed by atoms with Crippen molar-refractivity contribution < 1.29 is 14.3 Å². The highest BCUT2D eigenvalue weighted by Crippen LogP contribution is 2.29. The molecule has 8 heteroatoms. The molecule has 0 radical (unpaired) electrons. The maximum absolute atomic E-state index is 12.3. The van der Waals surface area contributed by atoms with Gasteiger partial charge in [0, 0.05) is 11.1 Å². The van der Waals surface area contributed by atoms with Crippen LogP contribution in [0.3, 0.4) is 0 Å². The molecule has 0 fully saturated rings. The molecule has 0 aliphatic heterocycles. The first-order valence-electron chi connectivity index (χ1n) is 7.97. The minimum absolute atomic E-state index is 0.329. The molecule has 0 atom stereocenters. The monoisotopic (exact) mass is 370 g/mol. The second-order valence-electron chi connectivity index (χ2n) is 5.35. The van der Waals surface area contributed by atoms with Crippen LogP contribution in [0, 0.1) is 4.77 Å². The normalized spacial score (nSPS) is 11.0. The number of imidazole rings is 1. The summed E-state index contributed by atoms with van der Waals surface area (Å²) in [4.78, 5) is 18.3. The molecule has 0 aliphatic rings. The zero-order valence-electron chi connectivity index (χ0n) is 14.3. The van der Waals surface area contributed by atoms with E-state index in [9.17, 15) is 4.79 Å². The molecule has 7 nitrogen and oxygen atoms in total. The molecule has 2 aromatic carbocycles. The van der Waals surface area contributed by atoms with Gasteiger partial charge in [0.05, 0.1) is 31.0 Å². The number of hydrazone groups is 1. The van der Waals surface area contributed by atoms with Gasteiger partial charge in [-0.05, 0) is 49.5 Å². The molecule has 3 N–H and O–H groups in total. The topological polar surface area (TPSA) is 91.5 Å². The van der Waals surface area contributed by atoms with Crippen molar-refractivity contribution in [3.63, 3.8) is 0 Å². The number of carbonyl (C=O) groups excluding carboxylic acids is 1. The van der Waals surface area contributed by atoms with Crippen LogP contribution < -0.4 is 14.9 Å². The number of ether oxygens (including phenoxy) is 2. The summed E-state index contributed by atoms with van der Waals surface area (Å²) >= 11 is 5.04. The second kappa shape index (κ2) is 7.83. The number of para-hydroxylation sites is 1. The fourth-order valence-electron chi connectivity index (χ4n) is 2.49. The number of hydrogen-bond donors (Lipinski definition) is 3. The quantitative estimate of drug-likeness (QED) is 0.352. The number of nitrogens with one attached hydrogen (secondary N) is 3. The van der Waals surface area contributed by atoms with Crippen LogP contribution in [-0.2, 0) is 0 Å². The highest BCUT2D eigenvalue weighted by Gasteiger charge is 2.09.